The molecule has 0 spiro atoms. The molecule has 0 radical (unpaired) electrons. The first-order valence-electron chi connectivity index (χ1n) is 9.42. The first kappa shape index (κ1) is 18.0. The number of amides is 2. The predicted octanol–water partition coefficient (Wildman–Crippen LogP) is 1.18. The number of anilines is 1. The van der Waals surface area contributed by atoms with Gasteiger partial charge in [0.05, 0.1) is 11.0 Å². The lowest BCUT2D eigenvalue weighted by atomic mass is 10.2. The third-order valence-electron chi connectivity index (χ3n) is 4.98. The van der Waals surface area contributed by atoms with Gasteiger partial charge < -0.3 is 20.5 Å². The highest BCUT2D eigenvalue weighted by Gasteiger charge is 2.23. The molecule has 3 aromatic rings. The molecular formula is C19H23N7O2. The van der Waals surface area contributed by atoms with Crippen LogP contribution in [0.15, 0.2) is 30.3 Å². The highest BCUT2D eigenvalue weighted by Crippen LogP contribution is 2.13. The summed E-state index contributed by atoms with van der Waals surface area (Å²) in [6.45, 7) is 2.27. The Morgan fingerprint density at radius 3 is 2.68 bits per heavy atom. The maximum Gasteiger partial charge on any atom is 0.272 e. The topological polar surface area (TPSA) is 124 Å². The number of hydrogen-bond acceptors (Lipinski definition) is 5. The number of nitrogens with zero attached hydrogens (tertiary/aromatic N) is 4. The molecule has 0 aliphatic carbocycles. The van der Waals surface area contributed by atoms with Gasteiger partial charge in [-0.15, -0.1) is 0 Å². The van der Waals surface area contributed by atoms with Gasteiger partial charge in [-0.2, -0.15) is 5.10 Å². The molecule has 9 nitrogen and oxygen atoms in total. The van der Waals surface area contributed by atoms with Crippen LogP contribution in [0.2, 0.25) is 0 Å². The van der Waals surface area contributed by atoms with Gasteiger partial charge in [0.15, 0.2) is 0 Å². The van der Waals surface area contributed by atoms with Crippen molar-refractivity contribution in [1.82, 2.24) is 30.0 Å². The maximum absolute atomic E-state index is 12.6. The van der Waals surface area contributed by atoms with Crippen molar-refractivity contribution in [3.8, 4) is 0 Å². The fourth-order valence-corrected chi connectivity index (χ4v) is 3.49. The van der Waals surface area contributed by atoms with Gasteiger partial charge in [-0.05, 0) is 18.6 Å². The summed E-state index contributed by atoms with van der Waals surface area (Å²) in [4.78, 5) is 36.5. The SMILES string of the molecule is Nc1cc(C(=O)N2CCCN(C(=O)CCc3nc4ccccc4[nH]3)CC2)[nH]n1. The van der Waals surface area contributed by atoms with Crippen LogP contribution in [-0.4, -0.2) is 68.0 Å². The van der Waals surface area contributed by atoms with Crippen LogP contribution in [0.3, 0.4) is 0 Å². The van der Waals surface area contributed by atoms with Crippen LogP contribution in [0.4, 0.5) is 5.82 Å². The third-order valence-corrected chi connectivity index (χ3v) is 4.98. The molecule has 146 valence electrons. The van der Waals surface area contributed by atoms with E-state index in [9.17, 15) is 9.59 Å². The molecule has 2 aromatic heterocycles. The molecule has 28 heavy (non-hydrogen) atoms. The number of para-hydroxylation sites is 2. The van der Waals surface area contributed by atoms with E-state index in [4.69, 9.17) is 5.73 Å². The molecule has 1 aromatic carbocycles. The van der Waals surface area contributed by atoms with Gasteiger partial charge in [0.2, 0.25) is 5.91 Å². The lowest BCUT2D eigenvalue weighted by Crippen LogP contribution is -2.37. The van der Waals surface area contributed by atoms with Crippen molar-refractivity contribution in [2.75, 3.05) is 31.9 Å². The number of rotatable bonds is 4. The van der Waals surface area contributed by atoms with Crippen LogP contribution in [0, 0.1) is 0 Å². The van der Waals surface area contributed by atoms with Crippen LogP contribution >= 0.6 is 0 Å². The summed E-state index contributed by atoms with van der Waals surface area (Å²) in [5, 5.41) is 6.45. The van der Waals surface area contributed by atoms with Gasteiger partial charge >= 0.3 is 0 Å². The zero-order valence-corrected chi connectivity index (χ0v) is 15.5. The number of nitrogens with two attached hydrogens (primary N) is 1. The summed E-state index contributed by atoms with van der Waals surface area (Å²) in [6, 6.07) is 9.35. The van der Waals surface area contributed by atoms with Crippen LogP contribution in [0.25, 0.3) is 11.0 Å². The van der Waals surface area contributed by atoms with E-state index in [-0.39, 0.29) is 11.8 Å². The van der Waals surface area contributed by atoms with Crippen LogP contribution in [-0.2, 0) is 11.2 Å². The first-order valence-corrected chi connectivity index (χ1v) is 9.42. The number of aryl methyl sites for hydroxylation is 1. The lowest BCUT2D eigenvalue weighted by Gasteiger charge is -2.21. The summed E-state index contributed by atoms with van der Waals surface area (Å²) in [6.07, 6.45) is 1.71. The molecular weight excluding hydrogens is 358 g/mol. The number of H-pyrrole nitrogens is 2. The molecule has 0 atom stereocenters. The van der Waals surface area contributed by atoms with E-state index >= 15 is 0 Å². The van der Waals surface area contributed by atoms with Crippen LogP contribution < -0.4 is 5.73 Å². The van der Waals surface area contributed by atoms with E-state index in [0.29, 0.717) is 50.5 Å². The number of aromatic amines is 2. The lowest BCUT2D eigenvalue weighted by molar-refractivity contribution is -0.131. The Morgan fingerprint density at radius 2 is 1.89 bits per heavy atom. The highest BCUT2D eigenvalue weighted by molar-refractivity contribution is 5.93. The summed E-state index contributed by atoms with van der Waals surface area (Å²) < 4.78 is 0. The molecule has 2 amide bonds. The average molecular weight is 381 g/mol. The number of benzene rings is 1. The standard InChI is InChI=1S/C19H23N7O2/c20-16-12-15(23-24-16)19(28)26-9-3-8-25(10-11-26)18(27)7-6-17-21-13-4-1-2-5-14(13)22-17/h1-2,4-5,12H,3,6-11H2,(H,21,22)(H3,20,23,24). The van der Waals surface area contributed by atoms with Crippen molar-refractivity contribution >= 4 is 28.7 Å². The molecule has 4 N–H and O–H groups in total. The van der Waals surface area contributed by atoms with Crippen molar-refractivity contribution in [3.05, 3.63) is 41.9 Å². The Balaban J connectivity index is 1.32. The second kappa shape index (κ2) is 7.71. The van der Waals surface area contributed by atoms with E-state index in [2.05, 4.69) is 20.2 Å². The van der Waals surface area contributed by atoms with Crippen molar-refractivity contribution in [2.24, 2.45) is 0 Å². The van der Waals surface area contributed by atoms with Crippen LogP contribution in [0.5, 0.6) is 0 Å². The van der Waals surface area contributed by atoms with Gasteiger partial charge in [-0.25, -0.2) is 4.98 Å². The fraction of sp³-hybridized carbons (Fsp3) is 0.368. The number of carbonyl (C=O) groups is 2. The van der Waals surface area contributed by atoms with E-state index in [1.165, 1.54) is 6.07 Å². The number of nitrogens with one attached hydrogen (secondary N) is 2. The molecule has 4 rings (SSSR count). The first-order chi connectivity index (χ1) is 13.6. The quantitative estimate of drug-likeness (QED) is 0.626. The van der Waals surface area contributed by atoms with Crippen molar-refractivity contribution in [1.29, 1.82) is 0 Å². The molecule has 3 heterocycles. The molecule has 0 saturated carbocycles. The summed E-state index contributed by atoms with van der Waals surface area (Å²) in [5.74, 6) is 1.06. The van der Waals surface area contributed by atoms with Gasteiger partial charge in [-0.3, -0.25) is 14.7 Å². The van der Waals surface area contributed by atoms with Crippen molar-refractivity contribution in [2.45, 2.75) is 19.3 Å². The minimum Gasteiger partial charge on any atom is -0.382 e. The number of carbonyl (C=O) groups excluding carboxylic acids is 2. The van der Waals surface area contributed by atoms with Crippen LogP contribution in [0.1, 0.15) is 29.2 Å². The number of imidazole rings is 1. The highest BCUT2D eigenvalue weighted by atomic mass is 16.2. The average Bonchev–Trinajstić information content (AvgIpc) is 3.23. The second-order valence-corrected chi connectivity index (χ2v) is 6.93. The summed E-state index contributed by atoms with van der Waals surface area (Å²) in [7, 11) is 0. The van der Waals surface area contributed by atoms with E-state index in [0.717, 1.165) is 23.3 Å². The molecule has 0 bridgehead atoms. The van der Waals surface area contributed by atoms with Gasteiger partial charge in [0, 0.05) is 45.1 Å². The Hall–Kier alpha value is -3.36. The van der Waals surface area contributed by atoms with E-state index in [1.54, 1.807) is 4.90 Å². The predicted molar refractivity (Wildman–Crippen MR) is 105 cm³/mol. The minimum absolute atomic E-state index is 0.0838. The van der Waals surface area contributed by atoms with Gasteiger partial charge in [-0.1, -0.05) is 12.1 Å². The monoisotopic (exact) mass is 381 g/mol. The molecule has 9 heteroatoms. The van der Waals surface area contributed by atoms with Gasteiger partial charge in [0.25, 0.3) is 5.91 Å². The summed E-state index contributed by atoms with van der Waals surface area (Å²) in [5.41, 5.74) is 7.84. The number of hydrogen-bond donors (Lipinski definition) is 3. The van der Waals surface area contributed by atoms with Gasteiger partial charge in [0.1, 0.15) is 17.3 Å². The molecule has 1 aliphatic rings. The fourth-order valence-electron chi connectivity index (χ4n) is 3.49. The zero-order valence-electron chi connectivity index (χ0n) is 15.5. The number of aromatic nitrogens is 4. The number of fused-ring (bicyclic) bond motifs is 1. The third kappa shape index (κ3) is 3.83. The molecule has 0 unspecified atom stereocenters. The normalized spacial score (nSPS) is 15.0. The maximum atomic E-state index is 12.6. The molecule has 1 fully saturated rings. The minimum atomic E-state index is -0.138. The Bertz CT molecular complexity index is 960. The second-order valence-electron chi connectivity index (χ2n) is 6.93. The Labute approximate surface area is 161 Å². The summed E-state index contributed by atoms with van der Waals surface area (Å²) >= 11 is 0. The van der Waals surface area contributed by atoms with E-state index in [1.807, 2.05) is 29.2 Å². The zero-order chi connectivity index (χ0) is 19.5. The Morgan fingerprint density at radius 1 is 1.11 bits per heavy atom. The van der Waals surface area contributed by atoms with Crippen molar-refractivity contribution in [3.63, 3.8) is 0 Å². The molecule has 1 aliphatic heterocycles. The van der Waals surface area contributed by atoms with E-state index < -0.39 is 0 Å². The largest absolute Gasteiger partial charge is 0.382 e. The van der Waals surface area contributed by atoms with Crippen molar-refractivity contribution < 1.29 is 9.59 Å². The molecule has 1 saturated heterocycles. The Kier molecular flexibility index (Phi) is 4.96. The number of nitrogen functional groups attached to an aromatic ring is 1. The smallest absolute Gasteiger partial charge is 0.272 e.